The maximum absolute atomic E-state index is 11.0. The Morgan fingerprint density at radius 2 is 2.17 bits per heavy atom. The van der Waals surface area contributed by atoms with Crippen LogP contribution in [0, 0.1) is 3.57 Å². The van der Waals surface area contributed by atoms with Crippen molar-refractivity contribution in [3.63, 3.8) is 0 Å². The van der Waals surface area contributed by atoms with E-state index in [-0.39, 0.29) is 11.5 Å². The Balaban J connectivity index is 3.38. The van der Waals surface area contributed by atoms with E-state index in [1.165, 1.54) is 13.0 Å². The average molecular weight is 296 g/mol. The summed E-state index contributed by atoms with van der Waals surface area (Å²) < 4.78 is 0.671. The molecule has 2 nitrogen and oxygen atoms in total. The molecule has 0 saturated heterocycles. The number of carbonyl (C=O) groups is 1. The Morgan fingerprint density at radius 1 is 1.58 bits per heavy atom. The number of Topliss-reactive ketones (excluding diaryl/α,β-unsaturated/α-hetero) is 1. The molecule has 0 aliphatic carbocycles. The molecule has 1 aromatic carbocycles. The van der Waals surface area contributed by atoms with Gasteiger partial charge >= 0.3 is 0 Å². The second-order valence-corrected chi connectivity index (χ2v) is 3.94. The fraction of sp³-hybridized carbons (Fsp3) is 0.125. The molecular weight excluding hydrogens is 290 g/mol. The number of halogens is 2. The predicted molar refractivity (Wildman–Crippen MR) is 55.8 cm³/mol. The number of aromatic hydroxyl groups is 1. The SMILES string of the molecule is CC(=O)c1c(O)cc(Cl)cc1I. The van der Waals surface area contributed by atoms with Crippen molar-refractivity contribution in [2.24, 2.45) is 0 Å². The zero-order valence-corrected chi connectivity index (χ0v) is 9.18. The molecule has 64 valence electrons. The molecule has 0 heterocycles. The van der Waals surface area contributed by atoms with Crippen molar-refractivity contribution in [2.45, 2.75) is 6.92 Å². The van der Waals surface area contributed by atoms with Gasteiger partial charge in [0.05, 0.1) is 5.56 Å². The summed E-state index contributed by atoms with van der Waals surface area (Å²) in [6.07, 6.45) is 0. The average Bonchev–Trinajstić information content (AvgIpc) is 1.82. The molecule has 1 aromatic rings. The first kappa shape index (κ1) is 9.80. The number of benzene rings is 1. The van der Waals surface area contributed by atoms with E-state index < -0.39 is 0 Å². The highest BCUT2D eigenvalue weighted by Gasteiger charge is 2.11. The number of phenols is 1. The maximum atomic E-state index is 11.0. The minimum absolute atomic E-state index is 0.0561. The van der Waals surface area contributed by atoms with E-state index in [1.54, 1.807) is 6.07 Å². The van der Waals surface area contributed by atoms with Crippen LogP contribution in [0.4, 0.5) is 0 Å². The predicted octanol–water partition coefficient (Wildman–Crippen LogP) is 2.85. The van der Waals surface area contributed by atoms with Crippen LogP contribution in [0.25, 0.3) is 0 Å². The largest absolute Gasteiger partial charge is 0.507 e. The smallest absolute Gasteiger partial charge is 0.164 e. The molecule has 0 atom stereocenters. The van der Waals surface area contributed by atoms with E-state index in [1.807, 2.05) is 22.6 Å². The van der Waals surface area contributed by atoms with Gasteiger partial charge in [-0.1, -0.05) is 11.6 Å². The standard InChI is InChI=1S/C8H6ClIO2/c1-4(11)8-6(10)2-5(9)3-7(8)12/h2-3,12H,1H3. The summed E-state index contributed by atoms with van der Waals surface area (Å²) in [4.78, 5) is 11.0. The van der Waals surface area contributed by atoms with Crippen molar-refractivity contribution in [1.29, 1.82) is 0 Å². The van der Waals surface area contributed by atoms with Crippen LogP contribution >= 0.6 is 34.2 Å². The molecule has 0 aliphatic rings. The lowest BCUT2D eigenvalue weighted by atomic mass is 10.1. The van der Waals surface area contributed by atoms with Crippen LogP contribution in [0.5, 0.6) is 5.75 Å². The Kier molecular flexibility index (Phi) is 2.95. The Hall–Kier alpha value is -0.290. The van der Waals surface area contributed by atoms with Gasteiger partial charge in [0.2, 0.25) is 0 Å². The fourth-order valence-electron chi connectivity index (χ4n) is 0.909. The van der Waals surface area contributed by atoms with Crippen molar-refractivity contribution in [3.05, 3.63) is 26.3 Å². The van der Waals surface area contributed by atoms with Gasteiger partial charge in [-0.15, -0.1) is 0 Å². The summed E-state index contributed by atoms with van der Waals surface area (Å²) >= 11 is 7.61. The summed E-state index contributed by atoms with van der Waals surface area (Å²) in [7, 11) is 0. The Morgan fingerprint density at radius 3 is 2.58 bits per heavy atom. The van der Waals surface area contributed by atoms with E-state index in [0.717, 1.165) is 0 Å². The van der Waals surface area contributed by atoms with E-state index in [2.05, 4.69) is 0 Å². The van der Waals surface area contributed by atoms with Crippen molar-refractivity contribution in [2.75, 3.05) is 0 Å². The van der Waals surface area contributed by atoms with Crippen molar-refractivity contribution in [3.8, 4) is 5.75 Å². The highest BCUT2D eigenvalue weighted by molar-refractivity contribution is 14.1. The third-order valence-corrected chi connectivity index (χ3v) is 2.46. The van der Waals surface area contributed by atoms with Crippen LogP contribution in [0.2, 0.25) is 5.02 Å². The van der Waals surface area contributed by atoms with Crippen LogP contribution < -0.4 is 0 Å². The molecule has 0 unspecified atom stereocenters. The lowest BCUT2D eigenvalue weighted by Gasteiger charge is -2.03. The van der Waals surface area contributed by atoms with E-state index in [4.69, 9.17) is 11.6 Å². The molecule has 1 rings (SSSR count). The summed E-state index contributed by atoms with van der Waals surface area (Å²) in [5.41, 5.74) is 0.333. The molecule has 12 heavy (non-hydrogen) atoms. The molecule has 4 heteroatoms. The molecule has 0 bridgehead atoms. The third kappa shape index (κ3) is 1.90. The highest BCUT2D eigenvalue weighted by atomic mass is 127. The molecule has 0 amide bonds. The van der Waals surface area contributed by atoms with Crippen LogP contribution in [0.1, 0.15) is 17.3 Å². The van der Waals surface area contributed by atoms with Gasteiger partial charge < -0.3 is 5.11 Å². The quantitative estimate of drug-likeness (QED) is 0.639. The van der Waals surface area contributed by atoms with Crippen molar-refractivity contribution >= 4 is 40.0 Å². The van der Waals surface area contributed by atoms with Gasteiger partial charge in [-0.05, 0) is 41.6 Å². The minimum atomic E-state index is -0.159. The topological polar surface area (TPSA) is 37.3 Å². The number of phenolic OH excluding ortho intramolecular Hbond substituents is 1. The Labute approximate surface area is 88.7 Å². The zero-order chi connectivity index (χ0) is 9.30. The molecule has 1 N–H and O–H groups in total. The second-order valence-electron chi connectivity index (χ2n) is 2.34. The second kappa shape index (κ2) is 3.62. The molecular formula is C8H6ClIO2. The van der Waals surface area contributed by atoms with Gasteiger partial charge in [-0.25, -0.2) is 0 Å². The molecule has 0 saturated carbocycles. The van der Waals surface area contributed by atoms with Gasteiger partial charge in [0.25, 0.3) is 0 Å². The summed E-state index contributed by atoms with van der Waals surface area (Å²) in [5, 5.41) is 9.76. The first-order valence-corrected chi connectivity index (χ1v) is 4.67. The van der Waals surface area contributed by atoms with Crippen molar-refractivity contribution < 1.29 is 9.90 Å². The third-order valence-electron chi connectivity index (χ3n) is 1.39. The maximum Gasteiger partial charge on any atom is 0.164 e. The van der Waals surface area contributed by atoms with Crippen LogP contribution in [-0.2, 0) is 0 Å². The minimum Gasteiger partial charge on any atom is -0.507 e. The number of carbonyl (C=O) groups excluding carboxylic acids is 1. The highest BCUT2D eigenvalue weighted by Crippen LogP contribution is 2.27. The van der Waals surface area contributed by atoms with Gasteiger partial charge in [-0.3, -0.25) is 4.79 Å². The summed E-state index contributed by atoms with van der Waals surface area (Å²) in [6.45, 7) is 1.41. The molecule has 0 radical (unpaired) electrons. The van der Waals surface area contributed by atoms with E-state index >= 15 is 0 Å². The number of hydrogen-bond acceptors (Lipinski definition) is 2. The summed E-state index contributed by atoms with van der Waals surface area (Å²) in [6, 6.07) is 3.00. The molecule has 0 aliphatic heterocycles. The molecule has 0 aromatic heterocycles. The zero-order valence-electron chi connectivity index (χ0n) is 6.27. The van der Waals surface area contributed by atoms with E-state index in [0.29, 0.717) is 14.2 Å². The van der Waals surface area contributed by atoms with Gasteiger partial charge in [0, 0.05) is 8.59 Å². The number of rotatable bonds is 1. The monoisotopic (exact) mass is 296 g/mol. The van der Waals surface area contributed by atoms with Crippen LogP contribution in [0.3, 0.4) is 0 Å². The fourth-order valence-corrected chi connectivity index (χ4v) is 2.30. The lowest BCUT2D eigenvalue weighted by molar-refractivity contribution is 0.101. The number of ketones is 1. The van der Waals surface area contributed by atoms with Crippen molar-refractivity contribution in [1.82, 2.24) is 0 Å². The van der Waals surface area contributed by atoms with Crippen LogP contribution in [-0.4, -0.2) is 10.9 Å². The molecule has 0 fully saturated rings. The van der Waals surface area contributed by atoms with E-state index in [9.17, 15) is 9.90 Å². The summed E-state index contributed by atoms with van der Waals surface area (Å²) in [5.74, 6) is -0.215. The first-order chi connectivity index (χ1) is 5.52. The number of hydrogen-bond donors (Lipinski definition) is 1. The lowest BCUT2D eigenvalue weighted by Crippen LogP contribution is -1.96. The van der Waals surface area contributed by atoms with Crippen LogP contribution in [0.15, 0.2) is 12.1 Å². The molecule has 0 spiro atoms. The first-order valence-electron chi connectivity index (χ1n) is 3.21. The normalized spacial score (nSPS) is 9.92. The van der Waals surface area contributed by atoms with Gasteiger partial charge in [0.15, 0.2) is 5.78 Å². The van der Waals surface area contributed by atoms with Gasteiger partial charge in [-0.2, -0.15) is 0 Å². The van der Waals surface area contributed by atoms with Gasteiger partial charge in [0.1, 0.15) is 5.75 Å². The Bertz CT molecular complexity index is 313.